The lowest BCUT2D eigenvalue weighted by Gasteiger charge is -2.25. The molecule has 0 atom stereocenters. The molecule has 0 spiro atoms. The Morgan fingerprint density at radius 3 is 1.88 bits per heavy atom. The van der Waals surface area contributed by atoms with Crippen LogP contribution >= 0.6 is 11.3 Å². The maximum atomic E-state index is 3.59. The van der Waals surface area contributed by atoms with Crippen molar-refractivity contribution in [2.24, 2.45) is 0 Å². The molecule has 7 rings (SSSR count). The van der Waals surface area contributed by atoms with Crippen LogP contribution in [0, 0.1) is 0 Å². The Balaban J connectivity index is 1.48. The summed E-state index contributed by atoms with van der Waals surface area (Å²) < 4.78 is 2.62. The van der Waals surface area contributed by atoms with Crippen molar-refractivity contribution in [3.05, 3.63) is 115 Å². The third-order valence-corrected chi connectivity index (χ3v) is 7.50. The summed E-state index contributed by atoms with van der Waals surface area (Å²) in [5.74, 6) is 0. The first-order valence-electron chi connectivity index (χ1n) is 11.1. The summed E-state index contributed by atoms with van der Waals surface area (Å²) in [4.78, 5) is 5.91. The van der Waals surface area contributed by atoms with Crippen LogP contribution < -0.4 is 4.90 Å². The van der Waals surface area contributed by atoms with Crippen molar-refractivity contribution >= 4 is 70.4 Å². The van der Waals surface area contributed by atoms with Crippen LogP contribution in [0.1, 0.15) is 0 Å². The molecule has 0 radical (unpaired) electrons. The zero-order valence-electron chi connectivity index (χ0n) is 17.8. The molecular weight excluding hydrogens is 420 g/mol. The normalized spacial score (nSPS) is 11.6. The van der Waals surface area contributed by atoms with Gasteiger partial charge in [0.05, 0.1) is 0 Å². The zero-order valence-corrected chi connectivity index (χ0v) is 18.6. The van der Waals surface area contributed by atoms with Crippen molar-refractivity contribution < 1.29 is 0 Å². The number of rotatable bonds is 3. The second-order valence-corrected chi connectivity index (χ2v) is 9.44. The highest BCUT2D eigenvalue weighted by Crippen LogP contribution is 2.42. The van der Waals surface area contributed by atoms with Crippen LogP contribution in [0.3, 0.4) is 0 Å². The number of aromatic nitrogens is 1. The van der Waals surface area contributed by atoms with Gasteiger partial charge >= 0.3 is 0 Å². The topological polar surface area (TPSA) is 19.0 Å². The average molecular weight is 441 g/mol. The average Bonchev–Trinajstić information content (AvgIpc) is 3.41. The molecule has 0 aliphatic heterocycles. The molecule has 0 aliphatic carbocycles. The van der Waals surface area contributed by atoms with Crippen LogP contribution in [0.5, 0.6) is 0 Å². The minimum absolute atomic E-state index is 1.15. The Hall–Kier alpha value is -4.08. The molecular formula is C30H20N2S. The van der Waals surface area contributed by atoms with E-state index in [1.165, 1.54) is 47.7 Å². The molecule has 33 heavy (non-hydrogen) atoms. The summed E-state index contributed by atoms with van der Waals surface area (Å²) >= 11 is 1.86. The lowest BCUT2D eigenvalue weighted by atomic mass is 10.1. The first-order valence-corrected chi connectivity index (χ1v) is 11.9. The van der Waals surface area contributed by atoms with Crippen LogP contribution in [0.15, 0.2) is 115 Å². The van der Waals surface area contributed by atoms with E-state index < -0.39 is 0 Å². The Labute approximate surface area is 195 Å². The number of thiophene rings is 1. The van der Waals surface area contributed by atoms with E-state index in [9.17, 15) is 0 Å². The van der Waals surface area contributed by atoms with Gasteiger partial charge in [0.1, 0.15) is 0 Å². The number of H-pyrrole nitrogens is 1. The third-order valence-electron chi connectivity index (χ3n) is 6.37. The van der Waals surface area contributed by atoms with Crippen molar-refractivity contribution in [1.82, 2.24) is 4.98 Å². The molecule has 3 heteroatoms. The van der Waals surface area contributed by atoms with Gasteiger partial charge in [-0.3, -0.25) is 0 Å². The van der Waals surface area contributed by atoms with Crippen LogP contribution in [0.25, 0.3) is 42.0 Å². The van der Waals surface area contributed by atoms with E-state index in [4.69, 9.17) is 0 Å². The molecule has 0 saturated carbocycles. The molecule has 2 nitrogen and oxygen atoms in total. The minimum atomic E-state index is 1.15. The van der Waals surface area contributed by atoms with E-state index in [-0.39, 0.29) is 0 Å². The summed E-state index contributed by atoms with van der Waals surface area (Å²) in [6.07, 6.45) is 0. The number of aromatic amines is 1. The van der Waals surface area contributed by atoms with Gasteiger partial charge in [-0.2, -0.15) is 0 Å². The quantitative estimate of drug-likeness (QED) is 0.290. The van der Waals surface area contributed by atoms with Gasteiger partial charge in [0, 0.05) is 59.0 Å². The van der Waals surface area contributed by atoms with Crippen LogP contribution in [-0.2, 0) is 0 Å². The summed E-state index contributed by atoms with van der Waals surface area (Å²) in [5, 5.41) is 5.18. The monoisotopic (exact) mass is 440 g/mol. The van der Waals surface area contributed by atoms with Gasteiger partial charge in [-0.05, 0) is 60.7 Å². The summed E-state index contributed by atoms with van der Waals surface area (Å²) in [5.41, 5.74) is 5.86. The molecule has 2 heterocycles. The van der Waals surface area contributed by atoms with Gasteiger partial charge in [-0.15, -0.1) is 11.3 Å². The number of nitrogens with one attached hydrogen (secondary N) is 1. The van der Waals surface area contributed by atoms with Crippen molar-refractivity contribution in [3.8, 4) is 0 Å². The van der Waals surface area contributed by atoms with Gasteiger partial charge in [-0.25, -0.2) is 0 Å². The molecule has 156 valence electrons. The Morgan fingerprint density at radius 1 is 0.455 bits per heavy atom. The Bertz CT molecular complexity index is 1720. The SMILES string of the molecule is c1ccc(N(c2ccccc2)c2ccc3sc4cc5[nH]c6ccccc6c5cc4c3c2)cc1. The highest BCUT2D eigenvalue weighted by molar-refractivity contribution is 7.25. The molecule has 7 aromatic rings. The lowest BCUT2D eigenvalue weighted by molar-refractivity contribution is 1.29. The van der Waals surface area contributed by atoms with Crippen molar-refractivity contribution in [2.45, 2.75) is 0 Å². The van der Waals surface area contributed by atoms with E-state index in [1.54, 1.807) is 0 Å². The maximum absolute atomic E-state index is 3.59. The fourth-order valence-electron chi connectivity index (χ4n) is 4.85. The maximum Gasteiger partial charge on any atom is 0.0479 e. The van der Waals surface area contributed by atoms with Crippen molar-refractivity contribution in [1.29, 1.82) is 0 Å². The van der Waals surface area contributed by atoms with Crippen LogP contribution in [-0.4, -0.2) is 4.98 Å². The Kier molecular flexibility index (Phi) is 4.05. The van der Waals surface area contributed by atoms with Crippen LogP contribution in [0.4, 0.5) is 17.1 Å². The smallest absolute Gasteiger partial charge is 0.0479 e. The highest BCUT2D eigenvalue weighted by Gasteiger charge is 2.15. The molecule has 0 aliphatic rings. The van der Waals surface area contributed by atoms with E-state index in [0.29, 0.717) is 0 Å². The lowest BCUT2D eigenvalue weighted by Crippen LogP contribution is -2.09. The second kappa shape index (κ2) is 7.22. The summed E-state index contributed by atoms with van der Waals surface area (Å²) in [7, 11) is 0. The predicted octanol–water partition coefficient (Wildman–Crippen LogP) is 9.16. The first kappa shape index (κ1) is 18.5. The Morgan fingerprint density at radius 2 is 1.12 bits per heavy atom. The van der Waals surface area contributed by atoms with Gasteiger partial charge < -0.3 is 9.88 Å². The predicted molar refractivity (Wildman–Crippen MR) is 143 cm³/mol. The fourth-order valence-corrected chi connectivity index (χ4v) is 5.96. The number of benzene rings is 5. The number of hydrogen-bond acceptors (Lipinski definition) is 2. The first-order chi connectivity index (χ1) is 16.3. The number of para-hydroxylation sites is 3. The molecule has 0 amide bonds. The minimum Gasteiger partial charge on any atom is -0.354 e. The highest BCUT2D eigenvalue weighted by atomic mass is 32.1. The van der Waals surface area contributed by atoms with E-state index in [0.717, 1.165) is 11.4 Å². The number of fused-ring (bicyclic) bond motifs is 6. The molecule has 0 saturated heterocycles. The third kappa shape index (κ3) is 2.94. The number of hydrogen-bond donors (Lipinski definition) is 1. The second-order valence-electron chi connectivity index (χ2n) is 8.35. The van der Waals surface area contributed by atoms with E-state index >= 15 is 0 Å². The zero-order chi connectivity index (χ0) is 21.8. The summed E-state index contributed by atoms with van der Waals surface area (Å²) in [6.45, 7) is 0. The van der Waals surface area contributed by atoms with Crippen molar-refractivity contribution in [3.63, 3.8) is 0 Å². The van der Waals surface area contributed by atoms with Gasteiger partial charge in [0.15, 0.2) is 0 Å². The van der Waals surface area contributed by atoms with E-state index in [1.807, 2.05) is 11.3 Å². The van der Waals surface area contributed by atoms with E-state index in [2.05, 4.69) is 125 Å². The molecule has 1 N–H and O–H groups in total. The van der Waals surface area contributed by atoms with Crippen LogP contribution in [0.2, 0.25) is 0 Å². The molecule has 5 aromatic carbocycles. The van der Waals surface area contributed by atoms with Gasteiger partial charge in [-0.1, -0.05) is 54.6 Å². The largest absolute Gasteiger partial charge is 0.354 e. The molecule has 0 unspecified atom stereocenters. The standard InChI is InChI=1S/C30H20N2S/c1-3-9-20(10-4-1)32(21-11-5-2-6-12-21)22-15-16-29-25(17-22)26-18-24-23-13-7-8-14-27(23)31-28(24)19-30(26)33-29/h1-19,31H. The van der Waals surface area contributed by atoms with Gasteiger partial charge in [0.25, 0.3) is 0 Å². The number of nitrogens with zero attached hydrogens (tertiary/aromatic N) is 1. The van der Waals surface area contributed by atoms with Gasteiger partial charge in [0.2, 0.25) is 0 Å². The van der Waals surface area contributed by atoms with Crippen molar-refractivity contribution in [2.75, 3.05) is 4.90 Å². The molecule has 0 bridgehead atoms. The number of anilines is 3. The fraction of sp³-hybridized carbons (Fsp3) is 0. The molecule has 2 aromatic heterocycles. The summed E-state index contributed by atoms with van der Waals surface area (Å²) in [6, 6.07) is 41.2. The molecule has 0 fully saturated rings.